The van der Waals surface area contributed by atoms with Gasteiger partial charge in [-0.1, -0.05) is 46.3 Å². The Hall–Kier alpha value is -3.33. The molecule has 5 rings (SSSR count). The van der Waals surface area contributed by atoms with Crippen LogP contribution in [0.2, 0.25) is 0 Å². The summed E-state index contributed by atoms with van der Waals surface area (Å²) in [5, 5.41) is 0. The number of imidazole rings is 1. The first kappa shape index (κ1) is 20.6. The first-order chi connectivity index (χ1) is 15.6. The minimum atomic E-state index is -0.408. The van der Waals surface area contributed by atoms with Crippen LogP contribution in [0.4, 0.5) is 0 Å². The van der Waals surface area contributed by atoms with Crippen molar-refractivity contribution in [1.29, 1.82) is 0 Å². The Morgan fingerprint density at radius 3 is 2.44 bits per heavy atom. The van der Waals surface area contributed by atoms with Crippen LogP contribution in [-0.4, -0.2) is 31.9 Å². The third-order valence-corrected chi connectivity index (χ3v) is 6.29. The Morgan fingerprint density at radius 1 is 1.00 bits per heavy atom. The number of halogens is 1. The quantitative estimate of drug-likeness (QED) is 0.424. The fourth-order valence-corrected chi connectivity index (χ4v) is 4.37. The number of ether oxygens (including phenoxy) is 2. The zero-order valence-corrected chi connectivity index (χ0v) is 19.0. The maximum Gasteiger partial charge on any atom is 0.333 e. The Bertz CT molecular complexity index is 1420. The maximum absolute atomic E-state index is 13.5. The highest BCUT2D eigenvalue weighted by atomic mass is 79.9. The van der Waals surface area contributed by atoms with Crippen LogP contribution in [0.5, 0.6) is 11.5 Å². The molecule has 3 heterocycles. The molecule has 0 spiro atoms. The lowest BCUT2D eigenvalue weighted by atomic mass is 10.2. The van der Waals surface area contributed by atoms with Gasteiger partial charge >= 0.3 is 5.69 Å². The first-order valence-corrected chi connectivity index (χ1v) is 11.2. The minimum absolute atomic E-state index is 0.0918. The van der Waals surface area contributed by atoms with Gasteiger partial charge in [0.2, 0.25) is 0 Å². The summed E-state index contributed by atoms with van der Waals surface area (Å²) < 4.78 is 16.6. The van der Waals surface area contributed by atoms with Crippen LogP contribution in [0.15, 0.2) is 62.9 Å². The molecule has 8 nitrogen and oxygen atoms in total. The molecule has 0 aliphatic carbocycles. The molecule has 0 bridgehead atoms. The SMILES string of the molecule is CCn1cnc2c1c(=O)n(Cc1cc3c(cc1Br)OCCO3)c(=O)n2Cc1ccccc1. The summed E-state index contributed by atoms with van der Waals surface area (Å²) in [5.41, 5.74) is 1.74. The number of nitrogens with zero attached hydrogens (tertiary/aromatic N) is 4. The zero-order chi connectivity index (χ0) is 22.2. The predicted octanol–water partition coefficient (Wildman–Crippen LogP) is 3.01. The average molecular weight is 497 g/mol. The number of hydrogen-bond acceptors (Lipinski definition) is 5. The van der Waals surface area contributed by atoms with E-state index in [4.69, 9.17) is 9.47 Å². The molecule has 0 saturated heterocycles. The molecule has 0 amide bonds. The van der Waals surface area contributed by atoms with Gasteiger partial charge in [-0.15, -0.1) is 0 Å². The highest BCUT2D eigenvalue weighted by Crippen LogP contribution is 2.35. The summed E-state index contributed by atoms with van der Waals surface area (Å²) in [6, 6.07) is 13.3. The molecule has 0 radical (unpaired) electrons. The summed E-state index contributed by atoms with van der Waals surface area (Å²) in [7, 11) is 0. The number of rotatable bonds is 5. The molecule has 0 unspecified atom stereocenters. The van der Waals surface area contributed by atoms with E-state index in [1.807, 2.05) is 49.4 Å². The molecule has 1 aliphatic rings. The third-order valence-electron chi connectivity index (χ3n) is 5.55. The van der Waals surface area contributed by atoms with E-state index in [9.17, 15) is 9.59 Å². The van der Waals surface area contributed by atoms with Crippen LogP contribution in [0.25, 0.3) is 11.2 Å². The highest BCUT2D eigenvalue weighted by Gasteiger charge is 2.20. The number of benzene rings is 2. The van der Waals surface area contributed by atoms with Gasteiger partial charge in [-0.2, -0.15) is 0 Å². The molecule has 2 aromatic carbocycles. The number of hydrogen-bond donors (Lipinski definition) is 0. The van der Waals surface area contributed by atoms with Crippen molar-refractivity contribution >= 4 is 27.1 Å². The van der Waals surface area contributed by atoms with Crippen molar-refractivity contribution in [3.8, 4) is 11.5 Å². The smallest absolute Gasteiger partial charge is 0.333 e. The summed E-state index contributed by atoms with van der Waals surface area (Å²) in [6.07, 6.45) is 1.61. The van der Waals surface area contributed by atoms with Gasteiger partial charge in [0.05, 0.1) is 19.4 Å². The molecular formula is C23H21BrN4O4. The highest BCUT2D eigenvalue weighted by molar-refractivity contribution is 9.10. The van der Waals surface area contributed by atoms with Crippen molar-refractivity contribution < 1.29 is 9.47 Å². The van der Waals surface area contributed by atoms with Gasteiger partial charge in [0.25, 0.3) is 5.56 Å². The second-order valence-electron chi connectivity index (χ2n) is 7.54. The fraction of sp³-hybridized carbons (Fsp3) is 0.261. The van der Waals surface area contributed by atoms with Crippen LogP contribution in [0.3, 0.4) is 0 Å². The van der Waals surface area contributed by atoms with E-state index in [1.54, 1.807) is 15.5 Å². The molecule has 164 valence electrons. The maximum atomic E-state index is 13.5. The number of aryl methyl sites for hydroxylation is 1. The van der Waals surface area contributed by atoms with Crippen LogP contribution in [-0.2, 0) is 19.6 Å². The lowest BCUT2D eigenvalue weighted by Crippen LogP contribution is -2.41. The van der Waals surface area contributed by atoms with Gasteiger partial charge < -0.3 is 14.0 Å². The van der Waals surface area contributed by atoms with Gasteiger partial charge in [0.15, 0.2) is 22.7 Å². The first-order valence-electron chi connectivity index (χ1n) is 10.4. The lowest BCUT2D eigenvalue weighted by molar-refractivity contribution is 0.171. The third kappa shape index (κ3) is 3.52. The van der Waals surface area contributed by atoms with Crippen molar-refractivity contribution in [2.45, 2.75) is 26.6 Å². The van der Waals surface area contributed by atoms with Crippen molar-refractivity contribution in [3.05, 3.63) is 85.2 Å². The fourth-order valence-electron chi connectivity index (χ4n) is 3.92. The van der Waals surface area contributed by atoms with Crippen LogP contribution in [0.1, 0.15) is 18.1 Å². The van der Waals surface area contributed by atoms with E-state index in [-0.39, 0.29) is 12.1 Å². The number of fused-ring (bicyclic) bond motifs is 2. The standard InChI is InChI=1S/C23H21BrN4O4/c1-2-26-14-25-21-20(26)22(29)28(23(30)27(21)12-15-6-4-3-5-7-15)13-16-10-18-19(11-17(16)24)32-9-8-31-18/h3-7,10-11,14H,2,8-9,12-13H2,1H3. The Kier molecular flexibility index (Phi) is 5.34. The molecule has 0 saturated carbocycles. The van der Waals surface area contributed by atoms with Crippen molar-refractivity contribution in [1.82, 2.24) is 18.7 Å². The topological polar surface area (TPSA) is 80.3 Å². The van der Waals surface area contributed by atoms with E-state index in [1.165, 1.54) is 4.57 Å². The van der Waals surface area contributed by atoms with Gasteiger partial charge in [0.1, 0.15) is 13.2 Å². The summed E-state index contributed by atoms with van der Waals surface area (Å²) in [6.45, 7) is 3.87. The monoisotopic (exact) mass is 496 g/mol. The van der Waals surface area contributed by atoms with Gasteiger partial charge in [-0.3, -0.25) is 13.9 Å². The van der Waals surface area contributed by atoms with E-state index < -0.39 is 5.69 Å². The molecular weight excluding hydrogens is 476 g/mol. The summed E-state index contributed by atoms with van der Waals surface area (Å²) >= 11 is 3.55. The van der Waals surface area contributed by atoms with Crippen molar-refractivity contribution in [2.24, 2.45) is 0 Å². The van der Waals surface area contributed by atoms with Crippen molar-refractivity contribution in [2.75, 3.05) is 13.2 Å². The summed E-state index contributed by atoms with van der Waals surface area (Å²) in [5.74, 6) is 1.24. The molecule has 32 heavy (non-hydrogen) atoms. The van der Waals surface area contributed by atoms with Crippen LogP contribution >= 0.6 is 15.9 Å². The van der Waals surface area contributed by atoms with E-state index in [0.717, 1.165) is 15.6 Å². The Balaban J connectivity index is 1.68. The van der Waals surface area contributed by atoms with Crippen LogP contribution in [0, 0.1) is 0 Å². The Labute approximate surface area is 191 Å². The second-order valence-corrected chi connectivity index (χ2v) is 8.39. The van der Waals surface area contributed by atoms with Crippen LogP contribution < -0.4 is 20.7 Å². The molecule has 2 aromatic heterocycles. The minimum Gasteiger partial charge on any atom is -0.486 e. The summed E-state index contributed by atoms with van der Waals surface area (Å²) in [4.78, 5) is 31.3. The normalized spacial score (nSPS) is 12.9. The van der Waals surface area contributed by atoms with Gasteiger partial charge in [-0.05, 0) is 30.2 Å². The average Bonchev–Trinajstić information content (AvgIpc) is 3.24. The molecule has 9 heteroatoms. The van der Waals surface area contributed by atoms with Gasteiger partial charge in [-0.25, -0.2) is 9.78 Å². The predicted molar refractivity (Wildman–Crippen MR) is 124 cm³/mol. The van der Waals surface area contributed by atoms with Gasteiger partial charge in [0, 0.05) is 11.0 Å². The van der Waals surface area contributed by atoms with Crippen molar-refractivity contribution in [3.63, 3.8) is 0 Å². The molecule has 4 aromatic rings. The zero-order valence-electron chi connectivity index (χ0n) is 17.5. The molecule has 1 aliphatic heterocycles. The molecule has 0 fully saturated rings. The Morgan fingerprint density at radius 2 is 1.72 bits per heavy atom. The molecule has 0 N–H and O–H groups in total. The number of aromatic nitrogens is 4. The van der Waals surface area contributed by atoms with E-state index >= 15 is 0 Å². The lowest BCUT2D eigenvalue weighted by Gasteiger charge is -2.20. The molecule has 0 atom stereocenters. The second kappa shape index (κ2) is 8.31. The largest absolute Gasteiger partial charge is 0.486 e. The van der Waals surface area contributed by atoms with E-state index in [2.05, 4.69) is 20.9 Å². The van der Waals surface area contributed by atoms with E-state index in [0.29, 0.717) is 49.0 Å².